The Kier molecular flexibility index (Phi) is 4.95. The van der Waals surface area contributed by atoms with Crippen LogP contribution in [0.4, 0.5) is 0 Å². The molecule has 1 atom stereocenters. The van der Waals surface area contributed by atoms with E-state index in [4.69, 9.17) is 4.74 Å². The van der Waals surface area contributed by atoms with Crippen LogP contribution in [-0.2, 0) is 17.6 Å². The molecule has 1 unspecified atom stereocenters. The lowest BCUT2D eigenvalue weighted by Gasteiger charge is -2.22. The number of carbonyl (C=O) groups is 1. The molecule has 1 aliphatic carbocycles. The molecule has 1 aromatic heterocycles. The number of hydrogen-bond acceptors (Lipinski definition) is 3. The summed E-state index contributed by atoms with van der Waals surface area (Å²) in [7, 11) is 0. The van der Waals surface area contributed by atoms with Gasteiger partial charge in [0.25, 0.3) is 0 Å². The molecule has 0 radical (unpaired) electrons. The molecule has 5 nitrogen and oxygen atoms in total. The van der Waals surface area contributed by atoms with Crippen molar-refractivity contribution in [3.63, 3.8) is 0 Å². The van der Waals surface area contributed by atoms with Crippen molar-refractivity contribution in [2.75, 3.05) is 6.61 Å². The highest BCUT2D eigenvalue weighted by Gasteiger charge is 2.21. The average Bonchev–Trinajstić information content (AvgIpc) is 3.01. The summed E-state index contributed by atoms with van der Waals surface area (Å²) in [5, 5.41) is 10.2. The number of amides is 1. The second-order valence-electron chi connectivity index (χ2n) is 6.15. The smallest absolute Gasteiger partial charge is 0.220 e. The zero-order chi connectivity index (χ0) is 16.1. The Morgan fingerprint density at radius 1 is 1.39 bits per heavy atom. The van der Waals surface area contributed by atoms with Crippen LogP contribution in [0.5, 0.6) is 5.75 Å². The van der Waals surface area contributed by atoms with Gasteiger partial charge in [0.1, 0.15) is 5.75 Å². The number of carbonyl (C=O) groups excluding carboxylic acids is 1. The third-order valence-electron chi connectivity index (χ3n) is 4.22. The maximum Gasteiger partial charge on any atom is 0.220 e. The van der Waals surface area contributed by atoms with Gasteiger partial charge < -0.3 is 10.1 Å². The van der Waals surface area contributed by atoms with Gasteiger partial charge >= 0.3 is 0 Å². The zero-order valence-corrected chi connectivity index (χ0v) is 13.5. The molecule has 0 spiro atoms. The second-order valence-corrected chi connectivity index (χ2v) is 6.15. The molecule has 0 aliphatic heterocycles. The third kappa shape index (κ3) is 4.34. The van der Waals surface area contributed by atoms with E-state index >= 15 is 0 Å². The lowest BCUT2D eigenvalue weighted by atomic mass is 9.93. The van der Waals surface area contributed by atoms with Gasteiger partial charge in [-0.15, -0.1) is 0 Å². The lowest BCUT2D eigenvalue weighted by molar-refractivity contribution is -0.122. The summed E-state index contributed by atoms with van der Waals surface area (Å²) in [5.74, 6) is 0.959. The molecule has 1 heterocycles. The molecule has 2 N–H and O–H groups in total. The highest BCUT2D eigenvalue weighted by atomic mass is 16.5. The van der Waals surface area contributed by atoms with Crippen LogP contribution in [0.1, 0.15) is 36.1 Å². The predicted octanol–water partition coefficient (Wildman–Crippen LogP) is 2.55. The number of rotatable bonds is 6. The van der Waals surface area contributed by atoms with Crippen LogP contribution in [-0.4, -0.2) is 28.8 Å². The largest absolute Gasteiger partial charge is 0.494 e. The van der Waals surface area contributed by atoms with Gasteiger partial charge in [-0.3, -0.25) is 9.89 Å². The summed E-state index contributed by atoms with van der Waals surface area (Å²) in [5.41, 5.74) is 3.65. The van der Waals surface area contributed by atoms with E-state index in [0.717, 1.165) is 37.1 Å². The van der Waals surface area contributed by atoms with Crippen molar-refractivity contribution in [3.8, 4) is 5.75 Å². The molecule has 1 aromatic carbocycles. The van der Waals surface area contributed by atoms with Gasteiger partial charge in [0.15, 0.2) is 0 Å². The Bertz CT molecular complexity index is 649. The van der Waals surface area contributed by atoms with Crippen molar-refractivity contribution in [2.24, 2.45) is 0 Å². The quantitative estimate of drug-likeness (QED) is 0.805. The summed E-state index contributed by atoms with van der Waals surface area (Å²) in [6.07, 6.45) is 5.92. The predicted molar refractivity (Wildman–Crippen MR) is 88.5 cm³/mol. The molecule has 0 fully saturated rings. The maximum absolute atomic E-state index is 12.0. The first kappa shape index (κ1) is 15.6. The normalized spacial score (nSPS) is 16.7. The van der Waals surface area contributed by atoms with E-state index in [2.05, 4.69) is 15.5 Å². The minimum absolute atomic E-state index is 0.102. The van der Waals surface area contributed by atoms with Crippen molar-refractivity contribution in [2.45, 2.75) is 45.1 Å². The number of aryl methyl sites for hydroxylation is 2. The van der Waals surface area contributed by atoms with E-state index in [1.54, 1.807) is 0 Å². The molecule has 1 amide bonds. The first-order valence-electron chi connectivity index (χ1n) is 8.20. The second kappa shape index (κ2) is 7.31. The topological polar surface area (TPSA) is 67.0 Å². The van der Waals surface area contributed by atoms with Crippen LogP contribution in [0.15, 0.2) is 30.5 Å². The van der Waals surface area contributed by atoms with Gasteiger partial charge in [-0.1, -0.05) is 17.7 Å². The van der Waals surface area contributed by atoms with Crippen molar-refractivity contribution < 1.29 is 9.53 Å². The molecular weight excluding hydrogens is 290 g/mol. The number of benzene rings is 1. The summed E-state index contributed by atoms with van der Waals surface area (Å²) >= 11 is 0. The van der Waals surface area contributed by atoms with Crippen LogP contribution in [0, 0.1) is 6.92 Å². The van der Waals surface area contributed by atoms with E-state index in [-0.39, 0.29) is 11.9 Å². The number of hydrogen-bond donors (Lipinski definition) is 2. The Hall–Kier alpha value is -2.30. The maximum atomic E-state index is 12.0. The number of ether oxygens (including phenoxy) is 1. The number of H-pyrrole nitrogens is 1. The van der Waals surface area contributed by atoms with Crippen molar-refractivity contribution in [1.29, 1.82) is 0 Å². The van der Waals surface area contributed by atoms with Crippen LogP contribution >= 0.6 is 0 Å². The minimum Gasteiger partial charge on any atom is -0.494 e. The third-order valence-corrected chi connectivity index (χ3v) is 4.22. The zero-order valence-electron chi connectivity index (χ0n) is 13.5. The van der Waals surface area contributed by atoms with E-state index in [0.29, 0.717) is 13.0 Å². The Morgan fingerprint density at radius 3 is 3.04 bits per heavy atom. The molecule has 2 aromatic rings. The molecule has 122 valence electrons. The Labute approximate surface area is 136 Å². The summed E-state index contributed by atoms with van der Waals surface area (Å²) in [6, 6.07) is 8.18. The van der Waals surface area contributed by atoms with Crippen LogP contribution in [0.3, 0.4) is 0 Å². The van der Waals surface area contributed by atoms with E-state index in [9.17, 15) is 4.79 Å². The highest BCUT2D eigenvalue weighted by molar-refractivity contribution is 5.76. The molecule has 0 saturated carbocycles. The number of aromatic nitrogens is 2. The van der Waals surface area contributed by atoms with Crippen molar-refractivity contribution >= 4 is 5.91 Å². The van der Waals surface area contributed by atoms with E-state index in [1.807, 2.05) is 37.4 Å². The van der Waals surface area contributed by atoms with Gasteiger partial charge in [0, 0.05) is 24.6 Å². The van der Waals surface area contributed by atoms with Crippen molar-refractivity contribution in [1.82, 2.24) is 15.5 Å². The highest BCUT2D eigenvalue weighted by Crippen LogP contribution is 2.19. The summed E-state index contributed by atoms with van der Waals surface area (Å²) in [6.45, 7) is 2.61. The molecule has 3 rings (SSSR count). The van der Waals surface area contributed by atoms with Gasteiger partial charge in [0.2, 0.25) is 5.91 Å². The van der Waals surface area contributed by atoms with Crippen LogP contribution in [0.25, 0.3) is 0 Å². The van der Waals surface area contributed by atoms with Gasteiger partial charge in [-0.2, -0.15) is 5.10 Å². The molecule has 5 heteroatoms. The Balaban J connectivity index is 1.35. The monoisotopic (exact) mass is 313 g/mol. The standard InChI is InChI=1S/C18H23N3O2/c1-13-4-8-16(9-5-13)23-10-2-3-18(22)20-15-7-6-14-12-19-21-17(14)11-15/h4-5,8-9,12,15H,2-3,6-7,10-11H2,1H3,(H,19,21)(H,20,22). The lowest BCUT2D eigenvalue weighted by Crippen LogP contribution is -2.38. The average molecular weight is 313 g/mol. The van der Waals surface area contributed by atoms with Crippen molar-refractivity contribution in [3.05, 3.63) is 47.3 Å². The number of nitrogens with zero attached hydrogens (tertiary/aromatic N) is 1. The van der Waals surface area contributed by atoms with Gasteiger partial charge in [0.05, 0.1) is 12.8 Å². The fourth-order valence-electron chi connectivity index (χ4n) is 2.89. The molecular formula is C18H23N3O2. The van der Waals surface area contributed by atoms with Gasteiger partial charge in [-0.05, 0) is 43.9 Å². The van der Waals surface area contributed by atoms with Crippen LogP contribution in [0.2, 0.25) is 0 Å². The SMILES string of the molecule is Cc1ccc(OCCCC(=O)NC2CCc3cn[nH]c3C2)cc1. The Morgan fingerprint density at radius 2 is 2.22 bits per heavy atom. The summed E-state index contributed by atoms with van der Waals surface area (Å²) in [4.78, 5) is 12.0. The minimum atomic E-state index is 0.102. The molecule has 0 bridgehead atoms. The first-order chi connectivity index (χ1) is 11.2. The van der Waals surface area contributed by atoms with E-state index < -0.39 is 0 Å². The number of nitrogens with one attached hydrogen (secondary N) is 2. The summed E-state index contributed by atoms with van der Waals surface area (Å²) < 4.78 is 5.64. The fourth-order valence-corrected chi connectivity index (χ4v) is 2.89. The number of aromatic amines is 1. The molecule has 0 saturated heterocycles. The van der Waals surface area contributed by atoms with Gasteiger partial charge in [-0.25, -0.2) is 0 Å². The first-order valence-corrected chi connectivity index (χ1v) is 8.20. The molecule has 1 aliphatic rings. The van der Waals surface area contributed by atoms with Crippen LogP contribution < -0.4 is 10.1 Å². The van der Waals surface area contributed by atoms with E-state index in [1.165, 1.54) is 11.1 Å². The number of fused-ring (bicyclic) bond motifs is 1. The molecule has 23 heavy (non-hydrogen) atoms. The fraction of sp³-hybridized carbons (Fsp3) is 0.444.